The normalized spacial score (nSPS) is 12.4. The summed E-state index contributed by atoms with van der Waals surface area (Å²) < 4.78 is 5.71. The molecule has 0 spiro atoms. The minimum atomic E-state index is 0.168. The number of aliphatic hydroxyl groups is 1. The van der Waals surface area contributed by atoms with Crippen LogP contribution in [-0.2, 0) is 0 Å². The predicted molar refractivity (Wildman–Crippen MR) is 81.6 cm³/mol. The number of para-hydroxylation sites is 1. The molecule has 0 aliphatic rings. The van der Waals surface area contributed by atoms with Crippen molar-refractivity contribution in [2.24, 2.45) is 5.73 Å². The van der Waals surface area contributed by atoms with Crippen LogP contribution in [0.3, 0.4) is 0 Å². The van der Waals surface area contributed by atoms with E-state index < -0.39 is 0 Å². The molecule has 0 fully saturated rings. The van der Waals surface area contributed by atoms with E-state index in [4.69, 9.17) is 27.8 Å². The van der Waals surface area contributed by atoms with E-state index in [0.717, 1.165) is 24.3 Å². The molecule has 1 aromatic rings. The fourth-order valence-corrected chi connectivity index (χ4v) is 1.82. The van der Waals surface area contributed by atoms with Gasteiger partial charge in [-0.1, -0.05) is 24.4 Å². The number of rotatable bonds is 8. The van der Waals surface area contributed by atoms with E-state index in [1.54, 1.807) is 0 Å². The highest BCUT2D eigenvalue weighted by atomic mass is 32.1. The van der Waals surface area contributed by atoms with Crippen molar-refractivity contribution < 1.29 is 9.84 Å². The zero-order chi connectivity index (χ0) is 14.3. The maximum atomic E-state index is 9.04. The van der Waals surface area contributed by atoms with Gasteiger partial charge in [0.1, 0.15) is 10.7 Å². The van der Waals surface area contributed by atoms with Crippen molar-refractivity contribution in [1.82, 2.24) is 4.90 Å². The minimum absolute atomic E-state index is 0.168. The van der Waals surface area contributed by atoms with Crippen LogP contribution in [-0.4, -0.2) is 47.8 Å². The average Bonchev–Trinajstić information content (AvgIpc) is 2.42. The summed E-state index contributed by atoms with van der Waals surface area (Å²) in [4.78, 5) is 2.45. The quantitative estimate of drug-likeness (QED) is 0.557. The van der Waals surface area contributed by atoms with Gasteiger partial charge >= 0.3 is 0 Å². The zero-order valence-electron chi connectivity index (χ0n) is 11.5. The third-order valence-electron chi connectivity index (χ3n) is 3.08. The average molecular weight is 282 g/mol. The van der Waals surface area contributed by atoms with Crippen LogP contribution in [0, 0.1) is 0 Å². The number of hydrogen-bond acceptors (Lipinski definition) is 4. The van der Waals surface area contributed by atoms with Gasteiger partial charge in [0.05, 0.1) is 18.8 Å². The number of nitrogens with two attached hydrogens (primary N) is 1. The Labute approximate surface area is 120 Å². The van der Waals surface area contributed by atoms with Gasteiger partial charge < -0.3 is 20.5 Å². The lowest BCUT2D eigenvalue weighted by Crippen LogP contribution is -2.33. The van der Waals surface area contributed by atoms with Crippen molar-refractivity contribution in [3.05, 3.63) is 29.8 Å². The molecule has 3 N–H and O–H groups in total. The van der Waals surface area contributed by atoms with E-state index in [0.29, 0.717) is 11.6 Å². The summed E-state index contributed by atoms with van der Waals surface area (Å²) in [6.07, 6.45) is 0.881. The fraction of sp³-hybridized carbons (Fsp3) is 0.500. The Morgan fingerprint density at radius 3 is 2.79 bits per heavy atom. The number of likely N-dealkylation sites (N-methyl/N-ethyl adjacent to an activating group) is 1. The summed E-state index contributed by atoms with van der Waals surface area (Å²) in [5.41, 5.74) is 6.41. The van der Waals surface area contributed by atoms with Crippen LogP contribution < -0.4 is 10.5 Å². The number of thiocarbonyl (C=S) groups is 1. The lowest BCUT2D eigenvalue weighted by molar-refractivity contribution is 0.151. The molecule has 0 heterocycles. The Bertz CT molecular complexity index is 412. The first-order valence-electron chi connectivity index (χ1n) is 6.39. The molecule has 0 radical (unpaired) electrons. The van der Waals surface area contributed by atoms with Gasteiger partial charge in [-0.25, -0.2) is 0 Å². The molecule has 0 aromatic heterocycles. The molecule has 106 valence electrons. The number of aliphatic hydroxyl groups excluding tert-OH is 1. The lowest BCUT2D eigenvalue weighted by Gasteiger charge is -2.22. The molecular formula is C14H22N2O2S. The largest absolute Gasteiger partial charge is 0.493 e. The number of benzene rings is 1. The molecule has 0 aliphatic carbocycles. The first kappa shape index (κ1) is 15.9. The van der Waals surface area contributed by atoms with Crippen LogP contribution in [0.1, 0.15) is 18.9 Å². The summed E-state index contributed by atoms with van der Waals surface area (Å²) in [7, 11) is 1.99. The van der Waals surface area contributed by atoms with Crippen LogP contribution in [0.5, 0.6) is 5.75 Å². The third-order valence-corrected chi connectivity index (χ3v) is 3.30. The smallest absolute Gasteiger partial charge is 0.129 e. The van der Waals surface area contributed by atoms with Crippen LogP contribution in [0.15, 0.2) is 24.3 Å². The molecule has 5 heteroatoms. The van der Waals surface area contributed by atoms with Crippen molar-refractivity contribution in [3.8, 4) is 5.75 Å². The highest BCUT2D eigenvalue weighted by Crippen LogP contribution is 2.17. The number of nitrogens with zero attached hydrogens (tertiary/aromatic N) is 1. The second-order valence-electron chi connectivity index (χ2n) is 4.57. The summed E-state index contributed by atoms with van der Waals surface area (Å²) in [6.45, 7) is 3.63. The van der Waals surface area contributed by atoms with Crippen LogP contribution in [0.25, 0.3) is 0 Å². The highest BCUT2D eigenvalue weighted by Gasteiger charge is 2.08. The molecule has 19 heavy (non-hydrogen) atoms. The monoisotopic (exact) mass is 282 g/mol. The van der Waals surface area contributed by atoms with Gasteiger partial charge in [-0.2, -0.15) is 0 Å². The third kappa shape index (κ3) is 5.14. The van der Waals surface area contributed by atoms with Gasteiger partial charge in [-0.15, -0.1) is 0 Å². The van der Waals surface area contributed by atoms with Crippen molar-refractivity contribution in [1.29, 1.82) is 0 Å². The summed E-state index contributed by atoms with van der Waals surface area (Å²) in [5, 5.41) is 9.04. The Morgan fingerprint density at radius 2 is 2.16 bits per heavy atom. The SMILES string of the molecule is CC(CO)N(C)CCCOc1ccccc1C(N)=S. The van der Waals surface area contributed by atoms with Crippen molar-refractivity contribution in [3.63, 3.8) is 0 Å². The van der Waals surface area contributed by atoms with Gasteiger partial charge in [0.2, 0.25) is 0 Å². The summed E-state index contributed by atoms with van der Waals surface area (Å²) in [5.74, 6) is 0.729. The van der Waals surface area contributed by atoms with Gasteiger partial charge in [0.25, 0.3) is 0 Å². The molecule has 1 aromatic carbocycles. The van der Waals surface area contributed by atoms with Crippen LogP contribution in [0.4, 0.5) is 0 Å². The van der Waals surface area contributed by atoms with Gasteiger partial charge in [-0.05, 0) is 32.5 Å². The molecule has 1 rings (SSSR count). The van der Waals surface area contributed by atoms with E-state index in [2.05, 4.69) is 4.90 Å². The molecule has 0 bridgehead atoms. The van der Waals surface area contributed by atoms with E-state index in [1.807, 2.05) is 38.2 Å². The molecule has 4 nitrogen and oxygen atoms in total. The Hall–Kier alpha value is -1.17. The first-order chi connectivity index (χ1) is 9.06. The predicted octanol–water partition coefficient (Wildman–Crippen LogP) is 1.40. The first-order valence-corrected chi connectivity index (χ1v) is 6.79. The Balaban J connectivity index is 2.40. The Morgan fingerprint density at radius 1 is 1.47 bits per heavy atom. The summed E-state index contributed by atoms with van der Waals surface area (Å²) in [6, 6.07) is 7.69. The molecule has 1 atom stereocenters. The van der Waals surface area contributed by atoms with E-state index >= 15 is 0 Å². The summed E-state index contributed by atoms with van der Waals surface area (Å²) >= 11 is 4.98. The molecule has 0 saturated carbocycles. The van der Waals surface area contributed by atoms with Crippen LogP contribution in [0.2, 0.25) is 0 Å². The topological polar surface area (TPSA) is 58.7 Å². The second kappa shape index (κ2) is 8.09. The molecular weight excluding hydrogens is 260 g/mol. The highest BCUT2D eigenvalue weighted by molar-refractivity contribution is 7.80. The second-order valence-corrected chi connectivity index (χ2v) is 5.01. The van der Waals surface area contributed by atoms with Gasteiger partial charge in [0.15, 0.2) is 0 Å². The van der Waals surface area contributed by atoms with Crippen LogP contribution >= 0.6 is 12.2 Å². The molecule has 1 unspecified atom stereocenters. The van der Waals surface area contributed by atoms with E-state index in [-0.39, 0.29) is 12.6 Å². The maximum Gasteiger partial charge on any atom is 0.129 e. The van der Waals surface area contributed by atoms with Crippen molar-refractivity contribution in [2.45, 2.75) is 19.4 Å². The number of hydrogen-bond donors (Lipinski definition) is 2. The molecule has 0 aliphatic heterocycles. The van der Waals surface area contributed by atoms with Gasteiger partial charge in [0, 0.05) is 12.6 Å². The molecule has 0 amide bonds. The van der Waals surface area contributed by atoms with Crippen molar-refractivity contribution in [2.75, 3.05) is 26.8 Å². The molecule has 0 saturated heterocycles. The van der Waals surface area contributed by atoms with Crippen molar-refractivity contribution >= 4 is 17.2 Å². The van der Waals surface area contributed by atoms with E-state index in [9.17, 15) is 0 Å². The standard InChI is InChI=1S/C14H22N2O2S/c1-11(10-17)16(2)8-5-9-18-13-7-4-3-6-12(13)14(15)19/h3-4,6-7,11,17H,5,8-10H2,1-2H3,(H2,15,19). The van der Waals surface area contributed by atoms with Gasteiger partial charge in [-0.3, -0.25) is 0 Å². The van der Waals surface area contributed by atoms with E-state index in [1.165, 1.54) is 0 Å². The fourth-order valence-electron chi connectivity index (χ4n) is 1.65. The lowest BCUT2D eigenvalue weighted by atomic mass is 10.2. The Kier molecular flexibility index (Phi) is 6.77. The number of ether oxygens (including phenoxy) is 1. The minimum Gasteiger partial charge on any atom is -0.493 e. The zero-order valence-corrected chi connectivity index (χ0v) is 12.3. The maximum absolute atomic E-state index is 9.04.